The molecule has 4 aromatic rings. The van der Waals surface area contributed by atoms with E-state index in [1.165, 1.54) is 4.85 Å². The van der Waals surface area contributed by atoms with Gasteiger partial charge in [0.15, 0.2) is 11.6 Å². The fourth-order valence-electron chi connectivity index (χ4n) is 3.73. The lowest BCUT2D eigenvalue weighted by Crippen LogP contribution is -2.22. The van der Waals surface area contributed by atoms with E-state index in [4.69, 9.17) is 21.2 Å². The Morgan fingerprint density at radius 2 is 1.89 bits per heavy atom. The minimum atomic E-state index is -1.26. The third-order valence-corrected chi connectivity index (χ3v) is 7.74. The van der Waals surface area contributed by atoms with E-state index in [2.05, 4.69) is 40.0 Å². The molecule has 0 amide bonds. The van der Waals surface area contributed by atoms with Crippen LogP contribution in [0.3, 0.4) is 0 Å². The van der Waals surface area contributed by atoms with Gasteiger partial charge in [-0.1, -0.05) is 60.3 Å². The standard InChI is InChI=1S/C26H30ClF2N5O3Si/c1-16(35)15-30-24-22-23(18-8-5-6-9-19(18)27)33-34(36-12-7-13-38(2,3)4)25(22)32-26(31-24)37-21-11-10-17(28)14-20(21)29/h5-6,8-11,14,16,35H,7,12-13,15H2,1-4H3,(H,30,31,32)/t16-/m0/s1. The van der Waals surface area contributed by atoms with Gasteiger partial charge in [-0.3, -0.25) is 0 Å². The van der Waals surface area contributed by atoms with E-state index in [-0.39, 0.29) is 29.8 Å². The molecule has 38 heavy (non-hydrogen) atoms. The molecule has 2 aromatic carbocycles. The number of hydrogen-bond acceptors (Lipinski definition) is 7. The Morgan fingerprint density at radius 1 is 1.13 bits per heavy atom. The average molecular weight is 562 g/mol. The maximum absolute atomic E-state index is 14.3. The molecule has 4 rings (SSSR count). The molecular formula is C26H30ClF2N5O3Si. The first-order valence-electron chi connectivity index (χ1n) is 12.3. The van der Waals surface area contributed by atoms with Crippen LogP contribution in [0.15, 0.2) is 42.5 Å². The number of nitrogens with zero attached hydrogens (tertiary/aromatic N) is 4. The Kier molecular flexibility index (Phi) is 8.49. The summed E-state index contributed by atoms with van der Waals surface area (Å²) in [5.41, 5.74) is 1.35. The Balaban J connectivity index is 1.83. The fraction of sp³-hybridized carbons (Fsp3) is 0.346. The predicted molar refractivity (Wildman–Crippen MR) is 147 cm³/mol. The highest BCUT2D eigenvalue weighted by atomic mass is 35.5. The molecule has 0 fully saturated rings. The summed E-state index contributed by atoms with van der Waals surface area (Å²) in [5, 5.41) is 18.6. The molecule has 8 nitrogen and oxygen atoms in total. The number of hydrogen-bond donors (Lipinski definition) is 2. The summed E-state index contributed by atoms with van der Waals surface area (Å²) >= 11 is 6.51. The number of aromatic nitrogens is 4. The maximum atomic E-state index is 14.3. The van der Waals surface area contributed by atoms with E-state index in [0.29, 0.717) is 34.3 Å². The van der Waals surface area contributed by atoms with Crippen LogP contribution in [0.2, 0.25) is 30.7 Å². The SMILES string of the molecule is C[C@H](O)CNc1nc(Oc2ccc(F)cc2F)nc2c1c(-c1ccccc1Cl)nn2OCCC[Si](C)(C)C. The lowest BCUT2D eigenvalue weighted by atomic mass is 10.1. The van der Waals surface area contributed by atoms with Gasteiger partial charge in [0.1, 0.15) is 23.9 Å². The quantitative estimate of drug-likeness (QED) is 0.167. The van der Waals surface area contributed by atoms with Crippen molar-refractivity contribution >= 4 is 36.5 Å². The number of ether oxygens (including phenoxy) is 1. The number of halogens is 3. The molecule has 0 saturated heterocycles. The van der Waals surface area contributed by atoms with Crippen LogP contribution in [0.1, 0.15) is 13.3 Å². The number of benzene rings is 2. The zero-order valence-corrected chi connectivity index (χ0v) is 23.4. The highest BCUT2D eigenvalue weighted by Gasteiger charge is 2.24. The van der Waals surface area contributed by atoms with Crippen LogP contribution in [0.4, 0.5) is 14.6 Å². The lowest BCUT2D eigenvalue weighted by Gasteiger charge is -2.15. The van der Waals surface area contributed by atoms with E-state index < -0.39 is 25.8 Å². The van der Waals surface area contributed by atoms with Crippen LogP contribution in [-0.2, 0) is 0 Å². The van der Waals surface area contributed by atoms with Crippen LogP contribution in [-0.4, -0.2) is 52.3 Å². The normalized spacial score (nSPS) is 12.5. The summed E-state index contributed by atoms with van der Waals surface area (Å²) in [6.07, 6.45) is 0.136. The van der Waals surface area contributed by atoms with Crippen molar-refractivity contribution in [3.63, 3.8) is 0 Å². The van der Waals surface area contributed by atoms with Crippen LogP contribution in [0, 0.1) is 11.6 Å². The van der Waals surface area contributed by atoms with E-state index in [9.17, 15) is 13.9 Å². The second-order valence-corrected chi connectivity index (χ2v) is 16.2. The fourth-order valence-corrected chi connectivity index (χ4v) is 5.16. The molecule has 12 heteroatoms. The summed E-state index contributed by atoms with van der Waals surface area (Å²) in [6, 6.07) is 11.0. The van der Waals surface area contributed by atoms with Crippen molar-refractivity contribution in [3.05, 3.63) is 59.1 Å². The molecule has 0 spiro atoms. The van der Waals surface area contributed by atoms with E-state index >= 15 is 0 Å². The predicted octanol–water partition coefficient (Wildman–Crippen LogP) is 6.17. The van der Waals surface area contributed by atoms with Crippen molar-refractivity contribution in [1.82, 2.24) is 19.9 Å². The molecule has 1 atom stereocenters. The summed E-state index contributed by atoms with van der Waals surface area (Å²) < 4.78 is 33.3. The van der Waals surface area contributed by atoms with Crippen molar-refractivity contribution < 1.29 is 23.5 Å². The molecule has 0 unspecified atom stereocenters. The number of nitrogens with one attached hydrogen (secondary N) is 1. The Bertz CT molecular complexity index is 1430. The summed E-state index contributed by atoms with van der Waals surface area (Å²) in [4.78, 5) is 16.2. The second-order valence-electron chi connectivity index (χ2n) is 10.2. The zero-order valence-electron chi connectivity index (χ0n) is 21.6. The molecule has 0 radical (unpaired) electrons. The van der Waals surface area contributed by atoms with E-state index in [1.807, 2.05) is 18.2 Å². The summed E-state index contributed by atoms with van der Waals surface area (Å²) in [7, 11) is -1.26. The van der Waals surface area contributed by atoms with E-state index in [0.717, 1.165) is 24.6 Å². The molecule has 0 aliphatic heterocycles. The van der Waals surface area contributed by atoms with Crippen molar-refractivity contribution in [2.75, 3.05) is 18.5 Å². The number of aliphatic hydroxyl groups excluding tert-OH is 1. The van der Waals surface area contributed by atoms with Crippen LogP contribution >= 0.6 is 11.6 Å². The first kappa shape index (κ1) is 27.7. The topological polar surface area (TPSA) is 94.3 Å². The van der Waals surface area contributed by atoms with Gasteiger partial charge in [-0.25, -0.2) is 8.78 Å². The Morgan fingerprint density at radius 3 is 2.58 bits per heavy atom. The molecule has 2 heterocycles. The molecule has 2 N–H and O–H groups in total. The first-order valence-corrected chi connectivity index (χ1v) is 16.3. The minimum Gasteiger partial charge on any atom is -0.421 e. The second kappa shape index (κ2) is 11.6. The molecule has 0 saturated carbocycles. The van der Waals surface area contributed by atoms with E-state index in [1.54, 1.807) is 13.0 Å². The van der Waals surface area contributed by atoms with Crippen molar-refractivity contribution in [2.45, 2.75) is 45.1 Å². The molecule has 0 aliphatic carbocycles. The monoisotopic (exact) mass is 561 g/mol. The maximum Gasteiger partial charge on any atom is 0.326 e. The third kappa shape index (κ3) is 6.77. The number of fused-ring (bicyclic) bond motifs is 1. The van der Waals surface area contributed by atoms with Gasteiger partial charge in [0, 0.05) is 26.2 Å². The van der Waals surface area contributed by atoms with Crippen LogP contribution in [0.5, 0.6) is 11.8 Å². The molecule has 0 aliphatic rings. The Labute approximate surface area is 225 Å². The van der Waals surface area contributed by atoms with Gasteiger partial charge >= 0.3 is 6.01 Å². The molecule has 2 aromatic heterocycles. The van der Waals surface area contributed by atoms with Crippen LogP contribution in [0.25, 0.3) is 22.3 Å². The van der Waals surface area contributed by atoms with Crippen molar-refractivity contribution in [1.29, 1.82) is 0 Å². The number of anilines is 1. The highest BCUT2D eigenvalue weighted by Crippen LogP contribution is 2.37. The summed E-state index contributed by atoms with van der Waals surface area (Å²) in [6.45, 7) is 9.04. The number of aliphatic hydroxyl groups is 1. The van der Waals surface area contributed by atoms with Gasteiger partial charge in [-0.05, 0) is 31.5 Å². The summed E-state index contributed by atoms with van der Waals surface area (Å²) in [5.74, 6) is -1.61. The smallest absolute Gasteiger partial charge is 0.326 e. The third-order valence-electron chi connectivity index (χ3n) is 5.55. The van der Waals surface area contributed by atoms with Gasteiger partial charge in [-0.15, -0.1) is 5.10 Å². The lowest BCUT2D eigenvalue weighted by molar-refractivity contribution is 0.0912. The van der Waals surface area contributed by atoms with Gasteiger partial charge < -0.3 is 20.0 Å². The van der Waals surface area contributed by atoms with Crippen molar-refractivity contribution in [3.8, 4) is 23.0 Å². The van der Waals surface area contributed by atoms with Gasteiger partial charge in [-0.2, -0.15) is 9.97 Å². The van der Waals surface area contributed by atoms with Gasteiger partial charge in [0.25, 0.3) is 0 Å². The minimum absolute atomic E-state index is 0.153. The van der Waals surface area contributed by atoms with Crippen molar-refractivity contribution in [2.24, 2.45) is 0 Å². The largest absolute Gasteiger partial charge is 0.421 e. The average Bonchev–Trinajstić information content (AvgIpc) is 3.20. The molecule has 202 valence electrons. The van der Waals surface area contributed by atoms with Crippen LogP contribution < -0.4 is 14.9 Å². The number of rotatable bonds is 11. The zero-order chi connectivity index (χ0) is 27.4. The molecule has 0 bridgehead atoms. The molecular weight excluding hydrogens is 532 g/mol. The Hall–Kier alpha value is -3.28. The first-order chi connectivity index (χ1) is 18.0. The van der Waals surface area contributed by atoms with Gasteiger partial charge in [0.05, 0.1) is 16.5 Å². The highest BCUT2D eigenvalue weighted by molar-refractivity contribution is 6.76. The van der Waals surface area contributed by atoms with Gasteiger partial charge in [0.2, 0.25) is 5.65 Å².